The summed E-state index contributed by atoms with van der Waals surface area (Å²) >= 11 is 0. The number of nitrogens with zero attached hydrogens (tertiary/aromatic N) is 3. The Morgan fingerprint density at radius 2 is 2.05 bits per heavy atom. The maximum absolute atomic E-state index is 12.1. The molecule has 4 heteroatoms. The third-order valence-electron chi connectivity index (χ3n) is 3.31. The zero-order valence-electron chi connectivity index (χ0n) is 11.3. The number of hydrogen-bond donors (Lipinski definition) is 0. The highest BCUT2D eigenvalue weighted by molar-refractivity contribution is 6.13. The van der Waals surface area contributed by atoms with Crippen molar-refractivity contribution in [1.82, 2.24) is 4.98 Å². The number of para-hydroxylation sites is 1. The van der Waals surface area contributed by atoms with Crippen molar-refractivity contribution in [2.45, 2.75) is 19.8 Å². The lowest BCUT2D eigenvalue weighted by Crippen LogP contribution is -2.20. The van der Waals surface area contributed by atoms with E-state index in [0.29, 0.717) is 12.8 Å². The maximum atomic E-state index is 12.1. The molecule has 3 rings (SSSR count). The van der Waals surface area contributed by atoms with E-state index in [4.69, 9.17) is 0 Å². The summed E-state index contributed by atoms with van der Waals surface area (Å²) < 4.78 is 0. The Bertz CT molecular complexity index is 664. The van der Waals surface area contributed by atoms with Crippen molar-refractivity contribution < 1.29 is 4.79 Å². The van der Waals surface area contributed by atoms with E-state index < -0.39 is 0 Å². The Hall–Kier alpha value is -2.49. The zero-order chi connectivity index (χ0) is 13.9. The number of carbonyl (C=O) groups excluding carboxylic acids is 1. The molecule has 0 atom stereocenters. The van der Waals surface area contributed by atoms with Crippen LogP contribution in [0.25, 0.3) is 0 Å². The van der Waals surface area contributed by atoms with Gasteiger partial charge < -0.3 is 0 Å². The van der Waals surface area contributed by atoms with Crippen LogP contribution in [-0.4, -0.2) is 16.6 Å². The minimum atomic E-state index is 0.0261. The molecular weight excluding hydrogens is 250 g/mol. The monoisotopic (exact) mass is 265 g/mol. The Kier molecular flexibility index (Phi) is 3.29. The lowest BCUT2D eigenvalue weighted by Gasteiger charge is -2.13. The standard InChI is InChI=1S/C16H15N3O/c1-12-5-2-3-7-15(12)19-16(20)10-14(18-19)9-13-6-4-8-17-11-13/h2-8,11H,9-10H2,1H3. The van der Waals surface area contributed by atoms with Crippen molar-refractivity contribution in [3.63, 3.8) is 0 Å². The number of pyridine rings is 1. The number of benzene rings is 1. The first-order chi connectivity index (χ1) is 9.74. The summed E-state index contributed by atoms with van der Waals surface area (Å²) in [5.74, 6) is 0.0261. The quantitative estimate of drug-likeness (QED) is 0.856. The molecule has 0 bridgehead atoms. The molecule has 0 spiro atoms. The molecule has 0 aliphatic carbocycles. The number of hydrogen-bond acceptors (Lipinski definition) is 3. The molecule has 0 saturated heterocycles. The van der Waals surface area contributed by atoms with Crippen LogP contribution in [-0.2, 0) is 11.2 Å². The molecule has 0 unspecified atom stereocenters. The average molecular weight is 265 g/mol. The number of hydrazone groups is 1. The molecule has 0 saturated carbocycles. The minimum absolute atomic E-state index is 0.0261. The van der Waals surface area contributed by atoms with Crippen LogP contribution in [0.5, 0.6) is 0 Å². The first kappa shape index (κ1) is 12.5. The number of carbonyl (C=O) groups is 1. The molecule has 1 aromatic carbocycles. The van der Waals surface area contributed by atoms with Gasteiger partial charge in [0.15, 0.2) is 0 Å². The molecule has 0 radical (unpaired) electrons. The van der Waals surface area contributed by atoms with Gasteiger partial charge in [0, 0.05) is 18.8 Å². The normalized spacial score (nSPS) is 14.6. The second-order valence-electron chi connectivity index (χ2n) is 4.87. The van der Waals surface area contributed by atoms with E-state index in [2.05, 4.69) is 10.1 Å². The Balaban J connectivity index is 1.84. The van der Waals surface area contributed by atoms with Gasteiger partial charge in [-0.2, -0.15) is 5.10 Å². The van der Waals surface area contributed by atoms with Gasteiger partial charge >= 0.3 is 0 Å². The van der Waals surface area contributed by atoms with Crippen LogP contribution in [0.4, 0.5) is 5.69 Å². The summed E-state index contributed by atoms with van der Waals surface area (Å²) in [5.41, 5.74) is 3.86. The summed E-state index contributed by atoms with van der Waals surface area (Å²) in [6, 6.07) is 11.7. The van der Waals surface area contributed by atoms with Gasteiger partial charge in [-0.3, -0.25) is 9.78 Å². The first-order valence-electron chi connectivity index (χ1n) is 6.58. The van der Waals surface area contributed by atoms with Crippen LogP contribution in [0.1, 0.15) is 17.5 Å². The molecule has 2 heterocycles. The Labute approximate surface area is 117 Å². The van der Waals surface area contributed by atoms with Gasteiger partial charge in [0.25, 0.3) is 5.91 Å². The van der Waals surface area contributed by atoms with Crippen molar-refractivity contribution in [2.24, 2.45) is 5.10 Å². The van der Waals surface area contributed by atoms with Crippen LogP contribution in [0, 0.1) is 6.92 Å². The van der Waals surface area contributed by atoms with Gasteiger partial charge in [0.2, 0.25) is 0 Å². The van der Waals surface area contributed by atoms with E-state index in [1.54, 1.807) is 6.20 Å². The number of rotatable bonds is 3. The van der Waals surface area contributed by atoms with Gasteiger partial charge in [0.1, 0.15) is 0 Å². The highest BCUT2D eigenvalue weighted by atomic mass is 16.2. The molecule has 2 aromatic rings. The lowest BCUT2D eigenvalue weighted by molar-refractivity contribution is -0.116. The zero-order valence-corrected chi connectivity index (χ0v) is 11.3. The largest absolute Gasteiger partial charge is 0.272 e. The number of amides is 1. The number of aromatic nitrogens is 1. The van der Waals surface area contributed by atoms with Crippen LogP contribution >= 0.6 is 0 Å². The molecule has 1 aromatic heterocycles. The first-order valence-corrected chi connectivity index (χ1v) is 6.58. The fourth-order valence-corrected chi connectivity index (χ4v) is 2.31. The predicted molar refractivity (Wildman–Crippen MR) is 78.7 cm³/mol. The van der Waals surface area contributed by atoms with Gasteiger partial charge in [-0.25, -0.2) is 5.01 Å². The van der Waals surface area contributed by atoms with Crippen molar-refractivity contribution in [3.05, 3.63) is 59.9 Å². The van der Waals surface area contributed by atoms with E-state index >= 15 is 0 Å². The van der Waals surface area contributed by atoms with E-state index in [0.717, 1.165) is 22.5 Å². The van der Waals surface area contributed by atoms with Gasteiger partial charge in [-0.05, 0) is 30.2 Å². The average Bonchev–Trinajstić information content (AvgIpc) is 2.81. The highest BCUT2D eigenvalue weighted by Gasteiger charge is 2.25. The minimum Gasteiger partial charge on any atom is -0.272 e. The van der Waals surface area contributed by atoms with Crippen molar-refractivity contribution >= 4 is 17.3 Å². The summed E-state index contributed by atoms with van der Waals surface area (Å²) in [7, 11) is 0. The molecule has 0 N–H and O–H groups in total. The van der Waals surface area contributed by atoms with Crippen molar-refractivity contribution in [2.75, 3.05) is 5.01 Å². The smallest absolute Gasteiger partial charge is 0.253 e. The summed E-state index contributed by atoms with van der Waals surface area (Å²) in [6.07, 6.45) is 4.60. The third-order valence-corrected chi connectivity index (χ3v) is 3.31. The molecule has 1 amide bonds. The second-order valence-corrected chi connectivity index (χ2v) is 4.87. The highest BCUT2D eigenvalue weighted by Crippen LogP contribution is 2.24. The fraction of sp³-hybridized carbons (Fsp3) is 0.188. The summed E-state index contributed by atoms with van der Waals surface area (Å²) in [5, 5.41) is 5.98. The van der Waals surface area contributed by atoms with Crippen LogP contribution < -0.4 is 5.01 Å². The van der Waals surface area contributed by atoms with Crippen molar-refractivity contribution in [3.8, 4) is 0 Å². The molecule has 20 heavy (non-hydrogen) atoms. The summed E-state index contributed by atoms with van der Waals surface area (Å²) in [6.45, 7) is 1.98. The topological polar surface area (TPSA) is 45.6 Å². The van der Waals surface area contributed by atoms with Crippen LogP contribution in [0.2, 0.25) is 0 Å². The van der Waals surface area contributed by atoms with Gasteiger partial charge in [-0.1, -0.05) is 24.3 Å². The SMILES string of the molecule is Cc1ccccc1N1N=C(Cc2cccnc2)CC1=O. The predicted octanol–water partition coefficient (Wildman–Crippen LogP) is 2.73. The number of anilines is 1. The summed E-state index contributed by atoms with van der Waals surface area (Å²) in [4.78, 5) is 16.2. The Morgan fingerprint density at radius 3 is 2.80 bits per heavy atom. The van der Waals surface area contributed by atoms with Gasteiger partial charge in [0.05, 0.1) is 17.8 Å². The van der Waals surface area contributed by atoms with E-state index in [1.165, 1.54) is 5.01 Å². The number of aryl methyl sites for hydroxylation is 1. The van der Waals surface area contributed by atoms with Gasteiger partial charge in [-0.15, -0.1) is 0 Å². The molecule has 0 fully saturated rings. The molecule has 4 nitrogen and oxygen atoms in total. The molecular formula is C16H15N3O. The third kappa shape index (κ3) is 2.45. The Morgan fingerprint density at radius 1 is 1.20 bits per heavy atom. The fourth-order valence-electron chi connectivity index (χ4n) is 2.31. The maximum Gasteiger partial charge on any atom is 0.253 e. The molecule has 100 valence electrons. The lowest BCUT2D eigenvalue weighted by atomic mass is 10.1. The van der Waals surface area contributed by atoms with Crippen LogP contribution in [0.15, 0.2) is 53.9 Å². The van der Waals surface area contributed by atoms with E-state index in [1.807, 2.05) is 49.5 Å². The molecule has 1 aliphatic heterocycles. The van der Waals surface area contributed by atoms with E-state index in [-0.39, 0.29) is 5.91 Å². The molecule has 1 aliphatic rings. The second kappa shape index (κ2) is 5.25. The van der Waals surface area contributed by atoms with Crippen molar-refractivity contribution in [1.29, 1.82) is 0 Å². The van der Waals surface area contributed by atoms with E-state index in [9.17, 15) is 4.79 Å². The van der Waals surface area contributed by atoms with Crippen LogP contribution in [0.3, 0.4) is 0 Å².